The molecule has 1 amide bonds. The molecule has 1 unspecified atom stereocenters. The van der Waals surface area contributed by atoms with Crippen LogP contribution >= 0.6 is 0 Å². The summed E-state index contributed by atoms with van der Waals surface area (Å²) in [6.45, 7) is 3.39. The van der Waals surface area contributed by atoms with Gasteiger partial charge in [-0.05, 0) is 18.9 Å². The molecule has 1 aromatic carbocycles. The van der Waals surface area contributed by atoms with Gasteiger partial charge in [-0.25, -0.2) is 4.98 Å². The molecular weight excluding hydrogens is 294 g/mol. The molecule has 2 heterocycles. The highest BCUT2D eigenvalue weighted by Gasteiger charge is 2.35. The molecule has 122 valence electrons. The summed E-state index contributed by atoms with van der Waals surface area (Å²) in [6.07, 6.45) is 2.88. The molecule has 1 aliphatic rings. The Morgan fingerprint density at radius 3 is 3.00 bits per heavy atom. The van der Waals surface area contributed by atoms with Crippen molar-refractivity contribution >= 4 is 5.91 Å². The summed E-state index contributed by atoms with van der Waals surface area (Å²) in [5.74, 6) is 0.399. The van der Waals surface area contributed by atoms with Crippen LogP contribution in [0.2, 0.25) is 0 Å². The van der Waals surface area contributed by atoms with Crippen molar-refractivity contribution in [1.82, 2.24) is 14.9 Å². The van der Waals surface area contributed by atoms with Gasteiger partial charge in [0.2, 0.25) is 0 Å². The van der Waals surface area contributed by atoms with E-state index < -0.39 is 12.0 Å². The SMILES string of the molecule is CCn1ccnc1[C@H]1OCC[C@@H]1NC(=O)C(O)c1ccccc1. The summed E-state index contributed by atoms with van der Waals surface area (Å²) in [5, 5.41) is 13.1. The van der Waals surface area contributed by atoms with Gasteiger partial charge < -0.3 is 19.7 Å². The van der Waals surface area contributed by atoms with E-state index in [-0.39, 0.29) is 12.1 Å². The molecule has 23 heavy (non-hydrogen) atoms. The van der Waals surface area contributed by atoms with Crippen LogP contribution in [0.1, 0.15) is 36.9 Å². The first-order chi connectivity index (χ1) is 11.2. The molecule has 3 atom stereocenters. The van der Waals surface area contributed by atoms with Crippen LogP contribution in [-0.4, -0.2) is 33.2 Å². The van der Waals surface area contributed by atoms with E-state index in [4.69, 9.17) is 4.74 Å². The minimum atomic E-state index is -1.18. The molecule has 2 aromatic rings. The van der Waals surface area contributed by atoms with E-state index in [0.29, 0.717) is 18.6 Å². The number of nitrogens with zero attached hydrogens (tertiary/aromatic N) is 2. The van der Waals surface area contributed by atoms with Crippen molar-refractivity contribution in [3.63, 3.8) is 0 Å². The van der Waals surface area contributed by atoms with Crippen molar-refractivity contribution in [1.29, 1.82) is 0 Å². The lowest BCUT2D eigenvalue weighted by molar-refractivity contribution is -0.130. The van der Waals surface area contributed by atoms with Crippen LogP contribution < -0.4 is 5.32 Å². The third kappa shape index (κ3) is 3.28. The van der Waals surface area contributed by atoms with Gasteiger partial charge in [-0.1, -0.05) is 30.3 Å². The summed E-state index contributed by atoms with van der Waals surface area (Å²) in [7, 11) is 0. The molecule has 0 aliphatic carbocycles. The van der Waals surface area contributed by atoms with E-state index in [9.17, 15) is 9.90 Å². The van der Waals surface area contributed by atoms with E-state index >= 15 is 0 Å². The second-order valence-electron chi connectivity index (χ2n) is 5.58. The normalized spacial score (nSPS) is 22.0. The number of imidazole rings is 1. The summed E-state index contributed by atoms with van der Waals surface area (Å²) in [6, 6.07) is 8.72. The maximum absolute atomic E-state index is 12.3. The van der Waals surface area contributed by atoms with Crippen molar-refractivity contribution in [2.24, 2.45) is 0 Å². The predicted molar refractivity (Wildman–Crippen MR) is 84.5 cm³/mol. The molecule has 2 N–H and O–H groups in total. The van der Waals surface area contributed by atoms with Crippen molar-refractivity contribution in [3.8, 4) is 0 Å². The van der Waals surface area contributed by atoms with Crippen LogP contribution in [0.25, 0.3) is 0 Å². The number of aromatic nitrogens is 2. The highest BCUT2D eigenvalue weighted by Crippen LogP contribution is 2.28. The number of ether oxygens (including phenoxy) is 1. The van der Waals surface area contributed by atoms with Crippen LogP contribution in [0.3, 0.4) is 0 Å². The van der Waals surface area contributed by atoms with E-state index in [1.807, 2.05) is 23.8 Å². The summed E-state index contributed by atoms with van der Waals surface area (Å²) >= 11 is 0. The lowest BCUT2D eigenvalue weighted by atomic mass is 10.1. The lowest BCUT2D eigenvalue weighted by Gasteiger charge is -2.21. The van der Waals surface area contributed by atoms with Gasteiger partial charge in [0.05, 0.1) is 6.04 Å². The van der Waals surface area contributed by atoms with Gasteiger partial charge in [0.25, 0.3) is 5.91 Å². The first kappa shape index (κ1) is 15.7. The fraction of sp³-hybridized carbons (Fsp3) is 0.412. The van der Waals surface area contributed by atoms with Gasteiger partial charge in [0, 0.05) is 25.5 Å². The Kier molecular flexibility index (Phi) is 4.73. The number of amides is 1. The average Bonchev–Trinajstić information content (AvgIpc) is 3.23. The van der Waals surface area contributed by atoms with Crippen LogP contribution in [-0.2, 0) is 16.1 Å². The van der Waals surface area contributed by atoms with E-state index in [1.54, 1.807) is 30.5 Å². The van der Waals surface area contributed by atoms with Crippen LogP contribution in [0.15, 0.2) is 42.7 Å². The summed E-state index contributed by atoms with van der Waals surface area (Å²) in [4.78, 5) is 16.7. The summed E-state index contributed by atoms with van der Waals surface area (Å²) < 4.78 is 7.76. The zero-order valence-electron chi connectivity index (χ0n) is 13.1. The predicted octanol–water partition coefficient (Wildman–Crippen LogP) is 1.58. The number of nitrogens with one attached hydrogen (secondary N) is 1. The lowest BCUT2D eigenvalue weighted by Crippen LogP contribution is -2.40. The largest absolute Gasteiger partial charge is 0.378 e. The zero-order chi connectivity index (χ0) is 16.2. The maximum Gasteiger partial charge on any atom is 0.253 e. The van der Waals surface area contributed by atoms with Crippen LogP contribution in [0, 0.1) is 0 Å². The number of carbonyl (C=O) groups excluding carboxylic acids is 1. The third-order valence-corrected chi connectivity index (χ3v) is 4.13. The van der Waals surface area contributed by atoms with Gasteiger partial charge in [-0.15, -0.1) is 0 Å². The Balaban J connectivity index is 1.70. The number of hydrogen-bond donors (Lipinski definition) is 2. The first-order valence-corrected chi connectivity index (χ1v) is 7.86. The van der Waals surface area contributed by atoms with Gasteiger partial charge in [-0.2, -0.15) is 0 Å². The number of rotatable bonds is 5. The molecule has 0 saturated carbocycles. The fourth-order valence-electron chi connectivity index (χ4n) is 2.89. The molecule has 0 spiro atoms. The number of aryl methyl sites for hydroxylation is 1. The van der Waals surface area contributed by atoms with Gasteiger partial charge in [0.15, 0.2) is 6.10 Å². The molecule has 6 heteroatoms. The maximum atomic E-state index is 12.3. The monoisotopic (exact) mass is 315 g/mol. The van der Waals surface area contributed by atoms with Crippen molar-refractivity contribution in [2.45, 2.75) is 38.1 Å². The topological polar surface area (TPSA) is 76.4 Å². The first-order valence-electron chi connectivity index (χ1n) is 7.86. The molecule has 1 aromatic heterocycles. The smallest absolute Gasteiger partial charge is 0.253 e. The summed E-state index contributed by atoms with van der Waals surface area (Å²) in [5.41, 5.74) is 0.579. The number of hydrogen-bond acceptors (Lipinski definition) is 4. The Morgan fingerprint density at radius 2 is 2.26 bits per heavy atom. The molecular formula is C17H21N3O3. The minimum Gasteiger partial charge on any atom is -0.378 e. The number of aliphatic hydroxyl groups excluding tert-OH is 1. The molecule has 0 radical (unpaired) electrons. The van der Waals surface area contributed by atoms with E-state index in [2.05, 4.69) is 10.3 Å². The number of carbonyl (C=O) groups is 1. The number of benzene rings is 1. The van der Waals surface area contributed by atoms with Crippen LogP contribution in [0.4, 0.5) is 0 Å². The van der Waals surface area contributed by atoms with Crippen molar-refractivity contribution in [3.05, 3.63) is 54.1 Å². The quantitative estimate of drug-likeness (QED) is 0.878. The Morgan fingerprint density at radius 1 is 1.48 bits per heavy atom. The Hall–Kier alpha value is -2.18. The van der Waals surface area contributed by atoms with Crippen molar-refractivity contribution in [2.75, 3.05) is 6.61 Å². The Bertz CT molecular complexity index is 656. The second-order valence-corrected chi connectivity index (χ2v) is 5.58. The highest BCUT2D eigenvalue weighted by atomic mass is 16.5. The molecule has 0 bridgehead atoms. The molecule has 1 aliphatic heterocycles. The standard InChI is InChI=1S/C17H21N3O3/c1-2-20-10-9-18-16(20)15-13(8-11-23-15)19-17(22)14(21)12-6-4-3-5-7-12/h3-7,9-10,13-15,21H,2,8,11H2,1H3,(H,19,22)/t13-,14?,15-/m0/s1. The molecule has 1 fully saturated rings. The van der Waals surface area contributed by atoms with Crippen LogP contribution in [0.5, 0.6) is 0 Å². The number of aliphatic hydroxyl groups is 1. The van der Waals surface area contributed by atoms with E-state index in [0.717, 1.165) is 12.4 Å². The zero-order valence-corrected chi connectivity index (χ0v) is 13.1. The average molecular weight is 315 g/mol. The van der Waals surface area contributed by atoms with Crippen molar-refractivity contribution < 1.29 is 14.6 Å². The Labute approximate surface area is 135 Å². The minimum absolute atomic E-state index is 0.187. The van der Waals surface area contributed by atoms with E-state index in [1.165, 1.54) is 0 Å². The fourth-order valence-corrected chi connectivity index (χ4v) is 2.89. The van der Waals surface area contributed by atoms with Gasteiger partial charge >= 0.3 is 0 Å². The van der Waals surface area contributed by atoms with Gasteiger partial charge in [0.1, 0.15) is 11.9 Å². The van der Waals surface area contributed by atoms with Gasteiger partial charge in [-0.3, -0.25) is 4.79 Å². The third-order valence-electron chi connectivity index (χ3n) is 4.13. The highest BCUT2D eigenvalue weighted by molar-refractivity contribution is 5.82. The molecule has 6 nitrogen and oxygen atoms in total. The molecule has 1 saturated heterocycles. The molecule has 3 rings (SSSR count). The second kappa shape index (κ2) is 6.93.